The fourth-order valence-corrected chi connectivity index (χ4v) is 0.534. The summed E-state index contributed by atoms with van der Waals surface area (Å²) in [6.45, 7) is 2.08. The van der Waals surface area contributed by atoms with Crippen molar-refractivity contribution >= 4 is 12.3 Å². The van der Waals surface area contributed by atoms with Crippen LogP contribution in [0.3, 0.4) is 0 Å². The molecule has 1 aromatic rings. The summed E-state index contributed by atoms with van der Waals surface area (Å²) in [7, 11) is 0. The van der Waals surface area contributed by atoms with E-state index in [2.05, 4.69) is 19.1 Å². The first-order valence-corrected chi connectivity index (χ1v) is 3.64. The van der Waals surface area contributed by atoms with Crippen LogP contribution >= 0.6 is 0 Å². The fourth-order valence-electron chi connectivity index (χ4n) is 0.534. The van der Waals surface area contributed by atoms with Crippen LogP contribution in [-0.4, -0.2) is 12.3 Å². The van der Waals surface area contributed by atoms with E-state index in [4.69, 9.17) is 30.0 Å². The lowest BCUT2D eigenvalue weighted by Gasteiger charge is -1.96. The second kappa shape index (κ2) is 9.85. The van der Waals surface area contributed by atoms with Crippen molar-refractivity contribution in [3.05, 3.63) is 35.9 Å². The highest BCUT2D eigenvalue weighted by Crippen LogP contribution is 1.92. The molecule has 0 N–H and O–H groups in total. The van der Waals surface area contributed by atoms with Gasteiger partial charge in [-0.25, -0.2) is 0 Å². The van der Waals surface area contributed by atoms with Gasteiger partial charge >= 0.3 is 0 Å². The number of carboxylic acid groups (broad SMARTS) is 4. The Bertz CT molecular complexity index is 262. The zero-order valence-corrected chi connectivity index (χ0v) is 7.84. The molecule has 0 saturated heterocycles. The summed E-state index contributed by atoms with van der Waals surface area (Å²) in [5.41, 5.74) is 1.32. The predicted octanol–water partition coefficient (Wildman–Crippen LogP) is -2.90. The zero-order valence-electron chi connectivity index (χ0n) is 7.84. The number of hydrogen-bond acceptors (Lipinski definition) is 6. The van der Waals surface area contributed by atoms with Gasteiger partial charge in [-0.3, -0.25) is 0 Å². The Hall–Kier alpha value is -2.24. The molecule has 0 aliphatic rings. The highest BCUT2D eigenvalue weighted by molar-refractivity contribution is 5.47. The third-order valence-corrected chi connectivity index (χ3v) is 0.940. The molecule has 0 aliphatic carbocycles. The lowest BCUT2D eigenvalue weighted by atomic mass is 10.2. The van der Waals surface area contributed by atoms with Crippen molar-refractivity contribution in [3.63, 3.8) is 0 Å². The van der Waals surface area contributed by atoms with Crippen LogP contribution in [0.5, 0.6) is 0 Å². The second-order valence-electron chi connectivity index (χ2n) is 2.15. The minimum absolute atomic E-state index is 1.32. The zero-order chi connectivity index (χ0) is 12.3. The standard InChI is InChI=1S/C7H8.2CH2O3/c1-7-5-3-2-4-6-7;2*2-1(3)4/h2-6H,1H3;2*(H2,2,3,4)/p-4. The molecule has 6 heteroatoms. The Labute approximate surface area is 86.0 Å². The molecule has 1 aromatic carbocycles. The Balaban J connectivity index is 0. The summed E-state index contributed by atoms with van der Waals surface area (Å²) >= 11 is 0. The molecular weight excluding hydrogens is 204 g/mol. The van der Waals surface area contributed by atoms with Gasteiger partial charge < -0.3 is 30.0 Å². The largest absolute Gasteiger partial charge is 0.652 e. The number of carbonyl (C=O) groups is 2. The molecular formula is C9H8O6-4. The predicted molar refractivity (Wildman–Crippen MR) is 42.0 cm³/mol. The van der Waals surface area contributed by atoms with Crippen LogP contribution in [0.2, 0.25) is 0 Å². The third kappa shape index (κ3) is 33.8. The van der Waals surface area contributed by atoms with Gasteiger partial charge in [-0.15, -0.1) is 0 Å². The number of carbonyl (C=O) groups excluding carboxylic acids is 2. The first-order valence-electron chi connectivity index (χ1n) is 3.64. The summed E-state index contributed by atoms with van der Waals surface area (Å²) in [5, 5.41) is 33.3. The van der Waals surface area contributed by atoms with Gasteiger partial charge in [-0.05, 0) is 19.2 Å². The van der Waals surface area contributed by atoms with Gasteiger partial charge in [-0.1, -0.05) is 35.9 Å². The van der Waals surface area contributed by atoms with Crippen molar-refractivity contribution in [1.29, 1.82) is 0 Å². The molecule has 84 valence electrons. The number of benzene rings is 1. The van der Waals surface area contributed by atoms with Crippen LogP contribution in [0, 0.1) is 6.92 Å². The molecule has 0 unspecified atom stereocenters. The molecule has 0 fully saturated rings. The average Bonchev–Trinajstić information content (AvgIpc) is 2.03. The van der Waals surface area contributed by atoms with E-state index in [0.29, 0.717) is 0 Å². The molecule has 6 nitrogen and oxygen atoms in total. The first-order chi connectivity index (χ1) is 6.86. The molecule has 0 saturated carbocycles. The van der Waals surface area contributed by atoms with Gasteiger partial charge in [0.25, 0.3) is 0 Å². The molecule has 1 rings (SSSR count). The Morgan fingerprint density at radius 3 is 1.27 bits per heavy atom. The quantitative estimate of drug-likeness (QED) is 0.454. The van der Waals surface area contributed by atoms with E-state index < -0.39 is 12.3 Å². The maximum Gasteiger partial charge on any atom is -0.0398 e. The topological polar surface area (TPSA) is 126 Å². The highest BCUT2D eigenvalue weighted by Gasteiger charge is 1.72. The van der Waals surface area contributed by atoms with Crippen molar-refractivity contribution in [2.45, 2.75) is 6.92 Å². The molecule has 0 heterocycles. The summed E-state index contributed by atoms with van der Waals surface area (Å²) in [5.74, 6) is 0. The molecule has 0 amide bonds. The number of aryl methyl sites for hydroxylation is 1. The number of rotatable bonds is 0. The highest BCUT2D eigenvalue weighted by atomic mass is 16.6. The summed E-state index contributed by atoms with van der Waals surface area (Å²) in [6, 6.07) is 10.3. The second-order valence-corrected chi connectivity index (χ2v) is 2.15. The van der Waals surface area contributed by atoms with E-state index in [1.54, 1.807) is 0 Å². The maximum absolute atomic E-state index is 8.33. The van der Waals surface area contributed by atoms with E-state index >= 15 is 0 Å². The molecule has 0 spiro atoms. The first kappa shape index (κ1) is 15.2. The van der Waals surface area contributed by atoms with Crippen LogP contribution in [0.25, 0.3) is 0 Å². The maximum atomic E-state index is 8.33. The SMILES string of the molecule is Cc1ccccc1.O=C([O-])[O-].O=C([O-])[O-]. The van der Waals surface area contributed by atoms with E-state index in [-0.39, 0.29) is 0 Å². The van der Waals surface area contributed by atoms with Gasteiger partial charge in [0.2, 0.25) is 0 Å². The van der Waals surface area contributed by atoms with Crippen molar-refractivity contribution in [1.82, 2.24) is 0 Å². The normalized spacial score (nSPS) is 7.27. The number of hydrogen-bond donors (Lipinski definition) is 0. The van der Waals surface area contributed by atoms with E-state index in [1.165, 1.54) is 5.56 Å². The Kier molecular flexibility index (Phi) is 10.0. The van der Waals surface area contributed by atoms with Crippen molar-refractivity contribution < 1.29 is 30.0 Å². The average molecular weight is 212 g/mol. The lowest BCUT2D eigenvalue weighted by molar-refractivity contribution is -0.417. The van der Waals surface area contributed by atoms with Crippen molar-refractivity contribution in [2.24, 2.45) is 0 Å². The minimum Gasteiger partial charge on any atom is -0.652 e. The molecule has 0 aliphatic heterocycles. The van der Waals surface area contributed by atoms with Crippen molar-refractivity contribution in [3.8, 4) is 0 Å². The van der Waals surface area contributed by atoms with Gasteiger partial charge in [0.1, 0.15) is 0 Å². The smallest absolute Gasteiger partial charge is 0.0398 e. The monoisotopic (exact) mass is 212 g/mol. The Morgan fingerprint density at radius 1 is 0.867 bits per heavy atom. The van der Waals surface area contributed by atoms with Crippen LogP contribution < -0.4 is 20.4 Å². The van der Waals surface area contributed by atoms with Gasteiger partial charge in [0.05, 0.1) is 0 Å². The van der Waals surface area contributed by atoms with Gasteiger partial charge in [0.15, 0.2) is 0 Å². The van der Waals surface area contributed by atoms with Crippen molar-refractivity contribution in [2.75, 3.05) is 0 Å². The molecule has 15 heavy (non-hydrogen) atoms. The van der Waals surface area contributed by atoms with E-state index in [1.807, 2.05) is 18.2 Å². The minimum atomic E-state index is -2.33. The van der Waals surface area contributed by atoms with Crippen LogP contribution in [0.4, 0.5) is 9.59 Å². The van der Waals surface area contributed by atoms with Gasteiger partial charge in [0, 0.05) is 0 Å². The summed E-state index contributed by atoms with van der Waals surface area (Å²) in [6.07, 6.45) is -4.67. The van der Waals surface area contributed by atoms with Crippen LogP contribution in [0.1, 0.15) is 5.56 Å². The fraction of sp³-hybridized carbons (Fsp3) is 0.111. The molecule has 0 atom stereocenters. The molecule has 0 bridgehead atoms. The van der Waals surface area contributed by atoms with Crippen LogP contribution in [-0.2, 0) is 0 Å². The lowest BCUT2D eigenvalue weighted by Crippen LogP contribution is -2.37. The molecule has 0 aromatic heterocycles. The van der Waals surface area contributed by atoms with E-state index in [0.717, 1.165) is 0 Å². The van der Waals surface area contributed by atoms with Gasteiger partial charge in [-0.2, -0.15) is 0 Å². The third-order valence-electron chi connectivity index (χ3n) is 0.940. The summed E-state index contributed by atoms with van der Waals surface area (Å²) < 4.78 is 0. The molecule has 0 radical (unpaired) electrons. The van der Waals surface area contributed by atoms with Crippen LogP contribution in [0.15, 0.2) is 30.3 Å². The summed E-state index contributed by atoms with van der Waals surface area (Å²) in [4.78, 5) is 16.7. The Morgan fingerprint density at radius 2 is 1.13 bits per heavy atom. The van der Waals surface area contributed by atoms with E-state index in [9.17, 15) is 0 Å².